The maximum atomic E-state index is 12.2. The zero-order valence-corrected chi connectivity index (χ0v) is 11.8. The lowest BCUT2D eigenvalue weighted by atomic mass is 10.1. The van der Waals surface area contributed by atoms with Gasteiger partial charge in [-0.2, -0.15) is 0 Å². The van der Waals surface area contributed by atoms with Crippen LogP contribution in [-0.4, -0.2) is 30.1 Å². The summed E-state index contributed by atoms with van der Waals surface area (Å²) in [5.74, 6) is 0.175. The van der Waals surface area contributed by atoms with Gasteiger partial charge in [-0.3, -0.25) is 4.79 Å². The Morgan fingerprint density at radius 1 is 1.38 bits per heavy atom. The van der Waals surface area contributed by atoms with E-state index in [1.807, 2.05) is 24.3 Å². The summed E-state index contributed by atoms with van der Waals surface area (Å²) in [5.41, 5.74) is 6.27. The van der Waals surface area contributed by atoms with Gasteiger partial charge in [0, 0.05) is 18.5 Å². The standard InChI is InChI=1S/C16H19N3O2/c17-15-13-7-2-1-5-11(13)9-14(19-15)16(20)18-10-12-6-3-4-8-21-12/h1-2,5,7,9,12H,3-4,6,8,10H2,(H2,17,19)(H,18,20). The number of carbonyl (C=O) groups is 1. The number of carbonyl (C=O) groups excluding carboxylic acids is 1. The van der Waals surface area contributed by atoms with E-state index in [-0.39, 0.29) is 12.0 Å². The molecular weight excluding hydrogens is 266 g/mol. The number of anilines is 1. The van der Waals surface area contributed by atoms with E-state index in [9.17, 15) is 4.79 Å². The van der Waals surface area contributed by atoms with Crippen LogP contribution in [0.5, 0.6) is 0 Å². The molecule has 3 N–H and O–H groups in total. The highest BCUT2D eigenvalue weighted by Crippen LogP contribution is 2.20. The monoisotopic (exact) mass is 285 g/mol. The van der Waals surface area contributed by atoms with Crippen molar-refractivity contribution >= 4 is 22.5 Å². The SMILES string of the molecule is Nc1nc(C(=O)NCC2CCCCO2)cc2ccccc12. The number of hydrogen-bond donors (Lipinski definition) is 2. The number of benzene rings is 1. The van der Waals surface area contributed by atoms with Gasteiger partial charge in [-0.1, -0.05) is 24.3 Å². The quantitative estimate of drug-likeness (QED) is 0.905. The van der Waals surface area contributed by atoms with Crippen molar-refractivity contribution in [3.63, 3.8) is 0 Å². The molecule has 0 spiro atoms. The number of fused-ring (bicyclic) bond motifs is 1. The van der Waals surface area contributed by atoms with E-state index in [1.54, 1.807) is 6.07 Å². The third-order valence-corrected chi connectivity index (χ3v) is 3.77. The van der Waals surface area contributed by atoms with Gasteiger partial charge in [0.25, 0.3) is 5.91 Å². The first-order chi connectivity index (χ1) is 10.2. The molecule has 2 heterocycles. The molecule has 110 valence electrons. The average molecular weight is 285 g/mol. The third-order valence-electron chi connectivity index (χ3n) is 3.77. The highest BCUT2D eigenvalue weighted by Gasteiger charge is 2.16. The minimum absolute atomic E-state index is 0.112. The predicted octanol–water partition coefficient (Wildman–Crippen LogP) is 2.12. The molecular formula is C16H19N3O2. The number of aromatic nitrogens is 1. The molecule has 1 saturated heterocycles. The minimum atomic E-state index is -0.207. The van der Waals surface area contributed by atoms with Crippen molar-refractivity contribution in [2.45, 2.75) is 25.4 Å². The van der Waals surface area contributed by atoms with Gasteiger partial charge < -0.3 is 15.8 Å². The zero-order valence-electron chi connectivity index (χ0n) is 11.8. The summed E-state index contributed by atoms with van der Waals surface area (Å²) < 4.78 is 5.60. The van der Waals surface area contributed by atoms with Gasteiger partial charge in [-0.15, -0.1) is 0 Å². The second-order valence-electron chi connectivity index (χ2n) is 5.31. The highest BCUT2D eigenvalue weighted by atomic mass is 16.5. The van der Waals surface area contributed by atoms with E-state index >= 15 is 0 Å². The summed E-state index contributed by atoms with van der Waals surface area (Å²) in [7, 11) is 0. The molecule has 0 radical (unpaired) electrons. The van der Waals surface area contributed by atoms with Crippen LogP contribution in [0.4, 0.5) is 5.82 Å². The number of nitrogens with zero attached hydrogens (tertiary/aromatic N) is 1. The summed E-state index contributed by atoms with van der Waals surface area (Å²) in [6.07, 6.45) is 3.36. The van der Waals surface area contributed by atoms with E-state index in [2.05, 4.69) is 10.3 Å². The van der Waals surface area contributed by atoms with E-state index < -0.39 is 0 Å². The van der Waals surface area contributed by atoms with Crippen LogP contribution in [-0.2, 0) is 4.74 Å². The molecule has 0 bridgehead atoms. The second-order valence-corrected chi connectivity index (χ2v) is 5.31. The van der Waals surface area contributed by atoms with Crippen molar-refractivity contribution in [2.24, 2.45) is 0 Å². The van der Waals surface area contributed by atoms with Crippen molar-refractivity contribution in [3.8, 4) is 0 Å². The molecule has 1 aliphatic heterocycles. The van der Waals surface area contributed by atoms with Crippen LogP contribution in [0.2, 0.25) is 0 Å². The first-order valence-corrected chi connectivity index (χ1v) is 7.29. The molecule has 1 amide bonds. The fourth-order valence-corrected chi connectivity index (χ4v) is 2.61. The molecule has 1 aromatic heterocycles. The van der Waals surface area contributed by atoms with Crippen molar-refractivity contribution in [3.05, 3.63) is 36.0 Å². The van der Waals surface area contributed by atoms with Gasteiger partial charge in [-0.25, -0.2) is 4.98 Å². The van der Waals surface area contributed by atoms with Crippen LogP contribution in [0.25, 0.3) is 10.8 Å². The molecule has 5 heteroatoms. The normalized spacial score (nSPS) is 18.6. The zero-order chi connectivity index (χ0) is 14.7. The Labute approximate surface area is 123 Å². The Morgan fingerprint density at radius 2 is 2.24 bits per heavy atom. The molecule has 1 atom stereocenters. The smallest absolute Gasteiger partial charge is 0.270 e. The maximum absolute atomic E-state index is 12.2. The summed E-state index contributed by atoms with van der Waals surface area (Å²) in [4.78, 5) is 16.4. The fraction of sp³-hybridized carbons (Fsp3) is 0.375. The molecule has 1 fully saturated rings. The number of hydrogen-bond acceptors (Lipinski definition) is 4. The lowest BCUT2D eigenvalue weighted by molar-refractivity contribution is 0.0168. The number of amides is 1. The summed E-state index contributed by atoms with van der Waals surface area (Å²) >= 11 is 0. The summed E-state index contributed by atoms with van der Waals surface area (Å²) in [6, 6.07) is 9.41. The van der Waals surface area contributed by atoms with Crippen molar-refractivity contribution in [2.75, 3.05) is 18.9 Å². The molecule has 3 rings (SSSR count). The number of pyridine rings is 1. The Kier molecular flexibility index (Phi) is 4.01. The van der Waals surface area contributed by atoms with Crippen LogP contribution in [0.1, 0.15) is 29.8 Å². The molecule has 1 unspecified atom stereocenters. The number of nitrogens with one attached hydrogen (secondary N) is 1. The maximum Gasteiger partial charge on any atom is 0.270 e. The van der Waals surface area contributed by atoms with E-state index in [0.717, 1.165) is 36.6 Å². The van der Waals surface area contributed by atoms with Gasteiger partial charge in [-0.05, 0) is 30.7 Å². The van der Waals surface area contributed by atoms with E-state index in [4.69, 9.17) is 10.5 Å². The van der Waals surface area contributed by atoms with Crippen molar-refractivity contribution in [1.29, 1.82) is 0 Å². The second kappa shape index (κ2) is 6.10. The van der Waals surface area contributed by atoms with E-state index in [1.165, 1.54) is 0 Å². The predicted molar refractivity (Wildman–Crippen MR) is 82.1 cm³/mol. The lowest BCUT2D eigenvalue weighted by Gasteiger charge is -2.22. The van der Waals surface area contributed by atoms with Crippen LogP contribution in [0, 0.1) is 0 Å². The number of nitrogen functional groups attached to an aromatic ring is 1. The Balaban J connectivity index is 1.72. The van der Waals surface area contributed by atoms with Crippen molar-refractivity contribution in [1.82, 2.24) is 10.3 Å². The fourth-order valence-electron chi connectivity index (χ4n) is 2.61. The molecule has 0 aliphatic carbocycles. The molecule has 1 aromatic carbocycles. The average Bonchev–Trinajstić information content (AvgIpc) is 2.53. The lowest BCUT2D eigenvalue weighted by Crippen LogP contribution is -2.35. The van der Waals surface area contributed by atoms with Gasteiger partial charge in [0.2, 0.25) is 0 Å². The largest absolute Gasteiger partial charge is 0.383 e. The Bertz CT molecular complexity index is 651. The van der Waals surface area contributed by atoms with Gasteiger partial charge >= 0.3 is 0 Å². The highest BCUT2D eigenvalue weighted by molar-refractivity contribution is 5.99. The van der Waals surface area contributed by atoms with Crippen LogP contribution < -0.4 is 11.1 Å². The van der Waals surface area contributed by atoms with Gasteiger partial charge in [0.05, 0.1) is 6.10 Å². The Hall–Kier alpha value is -2.14. The summed E-state index contributed by atoms with van der Waals surface area (Å²) in [6.45, 7) is 1.30. The van der Waals surface area contributed by atoms with Gasteiger partial charge in [0.15, 0.2) is 0 Å². The molecule has 1 aliphatic rings. The topological polar surface area (TPSA) is 77.2 Å². The molecule has 2 aromatic rings. The molecule has 5 nitrogen and oxygen atoms in total. The first kappa shape index (κ1) is 13.8. The molecule has 21 heavy (non-hydrogen) atoms. The van der Waals surface area contributed by atoms with Crippen LogP contribution in [0.15, 0.2) is 30.3 Å². The van der Waals surface area contributed by atoms with E-state index in [0.29, 0.717) is 18.1 Å². The van der Waals surface area contributed by atoms with Crippen molar-refractivity contribution < 1.29 is 9.53 Å². The minimum Gasteiger partial charge on any atom is -0.383 e. The molecule has 0 saturated carbocycles. The number of rotatable bonds is 3. The number of nitrogens with two attached hydrogens (primary N) is 1. The first-order valence-electron chi connectivity index (χ1n) is 7.29. The summed E-state index contributed by atoms with van der Waals surface area (Å²) in [5, 5.41) is 4.66. The third kappa shape index (κ3) is 3.13. The van der Waals surface area contributed by atoms with Crippen LogP contribution >= 0.6 is 0 Å². The van der Waals surface area contributed by atoms with Gasteiger partial charge in [0.1, 0.15) is 11.5 Å². The Morgan fingerprint density at radius 3 is 3.05 bits per heavy atom. The van der Waals surface area contributed by atoms with Crippen LogP contribution in [0.3, 0.4) is 0 Å². The number of ether oxygens (including phenoxy) is 1.